The van der Waals surface area contributed by atoms with Crippen LogP contribution in [0.15, 0.2) is 40.3 Å². The minimum absolute atomic E-state index is 0. The van der Waals surface area contributed by atoms with E-state index in [9.17, 15) is 13.2 Å². The molecule has 11 nitrogen and oxygen atoms in total. The first-order valence-corrected chi connectivity index (χ1v) is 13.8. The number of likely N-dealkylation sites (N-methyl/N-ethyl adjacent to an activating group) is 1. The molecule has 5 rings (SSSR count). The molecule has 3 aromatic rings. The Morgan fingerprint density at radius 1 is 1.27 bits per heavy atom. The number of rotatable bonds is 8. The largest absolute Gasteiger partial charge is 0.300 e. The molecule has 1 saturated carbocycles. The molecule has 0 spiro atoms. The summed E-state index contributed by atoms with van der Waals surface area (Å²) in [7, 11) is 1.44. The molecular formula is C25H37N7O4S. The fraction of sp³-hybridized carbons (Fsp3) is 0.480. The molecule has 12 heteroatoms. The Kier molecular flexibility index (Phi) is 6.47. The van der Waals surface area contributed by atoms with Crippen molar-refractivity contribution in [3.05, 3.63) is 52.1 Å². The van der Waals surface area contributed by atoms with Crippen LogP contribution in [0, 0.1) is 0 Å². The van der Waals surface area contributed by atoms with E-state index in [0.717, 1.165) is 30.5 Å². The van der Waals surface area contributed by atoms with Gasteiger partial charge in [-0.25, -0.2) is 23.6 Å². The Hall–Kier alpha value is -3.06. The summed E-state index contributed by atoms with van der Waals surface area (Å²) in [6.07, 6.45) is 7.87. The first-order valence-electron chi connectivity index (χ1n) is 12.3. The summed E-state index contributed by atoms with van der Waals surface area (Å²) in [6, 6.07) is 3.25. The van der Waals surface area contributed by atoms with Crippen molar-refractivity contribution in [2.45, 2.75) is 56.1 Å². The van der Waals surface area contributed by atoms with E-state index in [4.69, 9.17) is 9.82 Å². The van der Waals surface area contributed by atoms with Gasteiger partial charge < -0.3 is 0 Å². The second-order valence-corrected chi connectivity index (χ2v) is 12.0. The molecule has 202 valence electrons. The lowest BCUT2D eigenvalue weighted by Crippen LogP contribution is -2.34. The third-order valence-corrected chi connectivity index (χ3v) is 8.85. The number of nitrogens with zero attached hydrogens (tertiary/aromatic N) is 5. The van der Waals surface area contributed by atoms with Crippen LogP contribution in [-0.4, -0.2) is 64.9 Å². The highest BCUT2D eigenvalue weighted by Crippen LogP contribution is 2.37. The fourth-order valence-corrected chi connectivity index (χ4v) is 6.17. The second kappa shape index (κ2) is 9.35. The predicted molar refractivity (Wildman–Crippen MR) is 146 cm³/mol. The van der Waals surface area contributed by atoms with Crippen LogP contribution in [0.25, 0.3) is 16.5 Å². The lowest BCUT2D eigenvalue weighted by Gasteiger charge is -2.29. The number of aromatic nitrogens is 4. The zero-order chi connectivity index (χ0) is 26.5. The Morgan fingerprint density at radius 2 is 2.03 bits per heavy atom. The van der Waals surface area contributed by atoms with Crippen molar-refractivity contribution in [1.82, 2.24) is 29.0 Å². The van der Waals surface area contributed by atoms with Crippen LogP contribution < -0.4 is 15.8 Å². The van der Waals surface area contributed by atoms with E-state index in [1.165, 1.54) is 17.7 Å². The number of sulfonamides is 1. The summed E-state index contributed by atoms with van der Waals surface area (Å²) in [6.45, 7) is 4.97. The molecular weight excluding hydrogens is 494 g/mol. The Balaban J connectivity index is 0.00000210. The van der Waals surface area contributed by atoms with Gasteiger partial charge in [0.15, 0.2) is 0 Å². The van der Waals surface area contributed by atoms with Gasteiger partial charge in [-0.1, -0.05) is 6.08 Å². The number of benzene rings is 1. The molecule has 2 N–H and O–H groups in total. The van der Waals surface area contributed by atoms with E-state index in [2.05, 4.69) is 33.2 Å². The second-order valence-electron chi connectivity index (χ2n) is 10.4. The summed E-state index contributed by atoms with van der Waals surface area (Å²) in [5, 5.41) is 4.42. The number of hydrogen-bond donors (Lipinski definition) is 2. The molecule has 1 aliphatic carbocycles. The fourth-order valence-electron chi connectivity index (χ4n) is 4.65. The molecule has 0 amide bonds. The van der Waals surface area contributed by atoms with Gasteiger partial charge >= 0.3 is 0 Å². The normalized spacial score (nSPS) is 19.7. The van der Waals surface area contributed by atoms with Gasteiger partial charge in [-0.2, -0.15) is 5.10 Å². The van der Waals surface area contributed by atoms with E-state index in [0.29, 0.717) is 17.5 Å². The van der Waals surface area contributed by atoms with Gasteiger partial charge in [-0.3, -0.25) is 23.8 Å². The summed E-state index contributed by atoms with van der Waals surface area (Å²) in [4.78, 5) is 26.1. The highest BCUT2D eigenvalue weighted by Gasteiger charge is 2.41. The first-order chi connectivity index (χ1) is 17.5. The van der Waals surface area contributed by atoms with E-state index >= 15 is 0 Å². The van der Waals surface area contributed by atoms with Crippen molar-refractivity contribution in [1.29, 1.82) is 0 Å². The molecule has 3 heterocycles. The summed E-state index contributed by atoms with van der Waals surface area (Å²) in [5.74, 6) is 0.228. The zero-order valence-electron chi connectivity index (χ0n) is 21.8. The van der Waals surface area contributed by atoms with Crippen molar-refractivity contribution in [3.8, 4) is 0 Å². The molecule has 37 heavy (non-hydrogen) atoms. The van der Waals surface area contributed by atoms with Gasteiger partial charge in [0, 0.05) is 45.4 Å². The number of nitrogens with one attached hydrogen (secondary N) is 2. The topological polar surface area (TPSA) is 123 Å². The molecule has 1 atom stereocenters. The molecule has 0 bridgehead atoms. The minimum atomic E-state index is -3.86. The van der Waals surface area contributed by atoms with Crippen molar-refractivity contribution in [3.63, 3.8) is 0 Å². The van der Waals surface area contributed by atoms with Crippen LogP contribution in [0.5, 0.6) is 0 Å². The average molecular weight is 532 g/mol. The van der Waals surface area contributed by atoms with Crippen LogP contribution >= 0.6 is 0 Å². The first kappa shape index (κ1) is 25.6. The van der Waals surface area contributed by atoms with Gasteiger partial charge in [0.1, 0.15) is 0 Å². The number of fused-ring (bicyclic) bond motifs is 1. The van der Waals surface area contributed by atoms with E-state index < -0.39 is 15.6 Å². The van der Waals surface area contributed by atoms with Crippen LogP contribution in [0.4, 0.5) is 5.95 Å². The Morgan fingerprint density at radius 3 is 2.65 bits per heavy atom. The molecule has 0 saturated heterocycles. The molecule has 1 aliphatic heterocycles. The third kappa shape index (κ3) is 5.06. The van der Waals surface area contributed by atoms with Crippen molar-refractivity contribution in [2.75, 3.05) is 26.2 Å². The highest BCUT2D eigenvalue weighted by molar-refractivity contribution is 7.89. The summed E-state index contributed by atoms with van der Waals surface area (Å²) >= 11 is 0. The van der Waals surface area contributed by atoms with Gasteiger partial charge in [-0.15, -0.1) is 0 Å². The monoisotopic (exact) mass is 531 g/mol. The molecule has 1 fully saturated rings. The molecule has 2 aliphatic rings. The van der Waals surface area contributed by atoms with Crippen molar-refractivity contribution < 1.29 is 16.1 Å². The van der Waals surface area contributed by atoms with Gasteiger partial charge in [0.2, 0.25) is 16.0 Å². The number of aryl methyl sites for hydroxylation is 1. The number of anilines is 1. The van der Waals surface area contributed by atoms with E-state index in [1.807, 2.05) is 20.2 Å². The lowest BCUT2D eigenvalue weighted by atomic mass is 9.95. The lowest BCUT2D eigenvalue weighted by molar-refractivity contribution is 0.264. The summed E-state index contributed by atoms with van der Waals surface area (Å²) in [5.41, 5.74) is 4.76. The number of hydrogen-bond acceptors (Lipinski definition) is 8. The average Bonchev–Trinajstić information content (AvgIpc) is 3.41. The molecule has 0 radical (unpaired) electrons. The predicted octanol–water partition coefficient (Wildman–Crippen LogP) is 2.58. The van der Waals surface area contributed by atoms with Crippen molar-refractivity contribution in [2.24, 2.45) is 7.05 Å². The van der Waals surface area contributed by atoms with E-state index in [-0.39, 0.29) is 37.2 Å². The maximum atomic E-state index is 13.9. The van der Waals surface area contributed by atoms with E-state index in [1.54, 1.807) is 24.0 Å². The minimum Gasteiger partial charge on any atom is -0.300 e. The van der Waals surface area contributed by atoms with Crippen LogP contribution in [-0.2, 0) is 28.5 Å². The third-order valence-electron chi connectivity index (χ3n) is 7.23. The SMILES string of the molecule is CONc1nc2c(C3=C[C@@H](C)N(C)CC3)cc(S(=O)(=O)NC3(C)CC3)cc2c(=O)n1Cc1cnn(C)c1.[HH].[HH]. The highest BCUT2D eigenvalue weighted by atomic mass is 32.2. The molecule has 0 unspecified atom stereocenters. The van der Waals surface area contributed by atoms with Gasteiger partial charge in [0.25, 0.3) is 5.56 Å². The Bertz CT molecular complexity index is 1560. The Labute approximate surface area is 219 Å². The zero-order valence-corrected chi connectivity index (χ0v) is 22.6. The quantitative estimate of drug-likeness (QED) is 0.425. The standard InChI is InChI=1S/C25H33N7O4S.2H2/c1-16-10-18(6-9-30(16)3)20-11-19(37(34,35)29-25(2)7-8-25)12-21-22(20)27-24(28-36-5)32(23(21)33)15-17-13-26-31(4)14-17;;/h10-14,16,29H,6-9,15H2,1-5H3,(H,27,28);2*1H/t16-;;/m1../s1. The van der Waals surface area contributed by atoms with Crippen LogP contribution in [0.3, 0.4) is 0 Å². The molecule has 2 aromatic heterocycles. The smallest absolute Gasteiger partial charge is 0.263 e. The molecule has 1 aromatic carbocycles. The maximum Gasteiger partial charge on any atom is 0.263 e. The van der Waals surface area contributed by atoms with Gasteiger partial charge in [0.05, 0.1) is 35.6 Å². The summed E-state index contributed by atoms with van der Waals surface area (Å²) < 4.78 is 32.8. The maximum absolute atomic E-state index is 13.9. The van der Waals surface area contributed by atoms with Crippen LogP contribution in [0.1, 0.15) is 47.1 Å². The van der Waals surface area contributed by atoms with Crippen molar-refractivity contribution >= 4 is 32.4 Å². The van der Waals surface area contributed by atoms with Crippen LogP contribution in [0.2, 0.25) is 0 Å². The van der Waals surface area contributed by atoms with Gasteiger partial charge in [-0.05, 0) is 57.9 Å².